The van der Waals surface area contributed by atoms with Crippen molar-refractivity contribution in [2.75, 3.05) is 26.8 Å². The number of benzene rings is 2. The Kier molecular flexibility index (Phi) is 7.77. The number of ether oxygens (including phenoxy) is 2. The van der Waals surface area contributed by atoms with E-state index < -0.39 is 0 Å². The van der Waals surface area contributed by atoms with Gasteiger partial charge in [0.15, 0.2) is 0 Å². The number of methoxy groups -OCH3 is 1. The van der Waals surface area contributed by atoms with Crippen molar-refractivity contribution in [3.63, 3.8) is 0 Å². The predicted octanol–water partition coefficient (Wildman–Crippen LogP) is 5.65. The summed E-state index contributed by atoms with van der Waals surface area (Å²) in [6, 6.07) is 13.3. The summed E-state index contributed by atoms with van der Waals surface area (Å²) in [6.45, 7) is 9.58. The lowest BCUT2D eigenvalue weighted by atomic mass is 9.86. The number of aliphatic hydroxyl groups excluding tert-OH is 1. The highest BCUT2D eigenvalue weighted by Gasteiger charge is 2.26. The smallest absolute Gasteiger partial charge is 0.125 e. The van der Waals surface area contributed by atoms with E-state index in [1.807, 2.05) is 0 Å². The molecule has 0 amide bonds. The maximum Gasteiger partial charge on any atom is 0.125 e. The van der Waals surface area contributed by atoms with Gasteiger partial charge in [0.2, 0.25) is 0 Å². The molecule has 1 N–H and O–H groups in total. The van der Waals surface area contributed by atoms with Crippen molar-refractivity contribution in [3.8, 4) is 11.5 Å². The monoisotopic (exact) mass is 449 g/mol. The summed E-state index contributed by atoms with van der Waals surface area (Å²) in [5, 5.41) is 9.65. The molecule has 0 radical (unpaired) electrons. The van der Waals surface area contributed by atoms with Crippen molar-refractivity contribution in [1.29, 1.82) is 0 Å². The predicted molar refractivity (Wildman–Crippen MR) is 135 cm³/mol. The van der Waals surface area contributed by atoms with Gasteiger partial charge in [0.1, 0.15) is 18.1 Å². The van der Waals surface area contributed by atoms with Gasteiger partial charge in [0, 0.05) is 18.2 Å². The van der Waals surface area contributed by atoms with Crippen LogP contribution in [0.25, 0.3) is 5.57 Å². The highest BCUT2D eigenvalue weighted by molar-refractivity contribution is 5.72. The number of hydrogen-bond acceptors (Lipinski definition) is 4. The number of aryl methyl sites for hydroxylation is 1. The van der Waals surface area contributed by atoms with Gasteiger partial charge in [-0.3, -0.25) is 4.90 Å². The largest absolute Gasteiger partial charge is 0.496 e. The van der Waals surface area contributed by atoms with Crippen LogP contribution in [0, 0.1) is 5.92 Å². The topological polar surface area (TPSA) is 41.9 Å². The fourth-order valence-electron chi connectivity index (χ4n) is 5.32. The van der Waals surface area contributed by atoms with Crippen LogP contribution in [0.1, 0.15) is 62.3 Å². The molecule has 4 heteroatoms. The lowest BCUT2D eigenvalue weighted by Crippen LogP contribution is -2.34. The van der Waals surface area contributed by atoms with E-state index in [2.05, 4.69) is 62.1 Å². The molecule has 1 fully saturated rings. The van der Waals surface area contributed by atoms with E-state index >= 15 is 0 Å². The van der Waals surface area contributed by atoms with Crippen LogP contribution in [0.3, 0.4) is 0 Å². The zero-order valence-corrected chi connectivity index (χ0v) is 20.7. The highest BCUT2D eigenvalue weighted by Crippen LogP contribution is 2.35. The van der Waals surface area contributed by atoms with Gasteiger partial charge in [0.05, 0.1) is 13.7 Å². The average molecular weight is 450 g/mol. The first-order valence-corrected chi connectivity index (χ1v) is 12.4. The second-order valence-electron chi connectivity index (χ2n) is 10.0. The number of likely N-dealkylation sites (tertiary alicyclic amines) is 1. The first-order chi connectivity index (χ1) is 16.0. The van der Waals surface area contributed by atoms with Crippen LogP contribution >= 0.6 is 0 Å². The SMILES string of the molecule is COc1cc(CC(C)C)ccc1COc1ccc2c(c1)CCC(CN1CCC[C@H]1CO)=C2C. The fourth-order valence-corrected chi connectivity index (χ4v) is 5.32. The minimum Gasteiger partial charge on any atom is -0.496 e. The lowest BCUT2D eigenvalue weighted by molar-refractivity contribution is 0.167. The molecular formula is C29H39NO3. The van der Waals surface area contributed by atoms with Gasteiger partial charge in [-0.25, -0.2) is 0 Å². The van der Waals surface area contributed by atoms with Crippen molar-refractivity contribution in [2.24, 2.45) is 5.92 Å². The minimum atomic E-state index is 0.273. The minimum absolute atomic E-state index is 0.273. The van der Waals surface area contributed by atoms with Gasteiger partial charge in [-0.15, -0.1) is 0 Å². The molecule has 4 rings (SSSR count). The Labute approximate surface area is 199 Å². The molecule has 178 valence electrons. The fraction of sp³-hybridized carbons (Fsp3) is 0.517. The molecule has 2 aliphatic rings. The summed E-state index contributed by atoms with van der Waals surface area (Å²) < 4.78 is 11.8. The zero-order chi connectivity index (χ0) is 23.4. The maximum absolute atomic E-state index is 9.65. The van der Waals surface area contributed by atoms with Gasteiger partial charge in [-0.1, -0.05) is 37.6 Å². The van der Waals surface area contributed by atoms with E-state index in [4.69, 9.17) is 9.47 Å². The Morgan fingerprint density at radius 1 is 1.12 bits per heavy atom. The first kappa shape index (κ1) is 23.8. The molecule has 2 aromatic carbocycles. The van der Waals surface area contributed by atoms with Crippen LogP contribution in [0.2, 0.25) is 0 Å². The van der Waals surface area contributed by atoms with Crippen LogP contribution in [0.4, 0.5) is 0 Å². The second-order valence-corrected chi connectivity index (χ2v) is 10.0. The summed E-state index contributed by atoms with van der Waals surface area (Å²) in [7, 11) is 1.73. The molecule has 0 saturated carbocycles. The number of allylic oxidation sites excluding steroid dienone is 1. The molecule has 2 aromatic rings. The molecule has 1 atom stereocenters. The molecular weight excluding hydrogens is 410 g/mol. The first-order valence-electron chi connectivity index (χ1n) is 12.4. The summed E-state index contributed by atoms with van der Waals surface area (Å²) in [4.78, 5) is 2.46. The third kappa shape index (κ3) is 5.62. The van der Waals surface area contributed by atoms with Crippen molar-refractivity contribution in [2.45, 2.75) is 65.5 Å². The van der Waals surface area contributed by atoms with Crippen LogP contribution in [-0.4, -0.2) is 42.9 Å². The molecule has 1 saturated heterocycles. The van der Waals surface area contributed by atoms with Crippen molar-refractivity contribution < 1.29 is 14.6 Å². The van der Waals surface area contributed by atoms with E-state index in [1.165, 1.54) is 34.3 Å². The Morgan fingerprint density at radius 2 is 1.97 bits per heavy atom. The normalized spacial score (nSPS) is 18.7. The van der Waals surface area contributed by atoms with Gasteiger partial charge in [-0.2, -0.15) is 0 Å². The quantitative estimate of drug-likeness (QED) is 0.537. The van der Waals surface area contributed by atoms with Crippen molar-refractivity contribution in [1.82, 2.24) is 4.90 Å². The van der Waals surface area contributed by atoms with Crippen LogP contribution in [0.15, 0.2) is 42.0 Å². The standard InChI is InChI=1S/C29H39NO3/c1-20(2)14-22-7-8-25(29(15-22)32-4)19-33-27-11-12-28-21(3)24(10-9-23(28)16-27)17-30-13-5-6-26(30)18-31/h7-8,11-12,15-16,20,26,31H,5-6,9-10,13-14,17-19H2,1-4H3/t26-/m0/s1. The van der Waals surface area contributed by atoms with E-state index in [1.54, 1.807) is 7.11 Å². The van der Waals surface area contributed by atoms with E-state index in [-0.39, 0.29) is 6.61 Å². The number of nitrogens with zero attached hydrogens (tertiary/aromatic N) is 1. The Balaban J connectivity index is 1.44. The molecule has 0 aromatic heterocycles. The van der Waals surface area contributed by atoms with Gasteiger partial charge >= 0.3 is 0 Å². The maximum atomic E-state index is 9.65. The molecule has 4 nitrogen and oxygen atoms in total. The molecule has 33 heavy (non-hydrogen) atoms. The molecule has 1 aliphatic heterocycles. The molecule has 0 unspecified atom stereocenters. The number of rotatable bonds is 9. The van der Waals surface area contributed by atoms with Gasteiger partial charge in [-0.05, 0) is 92.0 Å². The third-order valence-electron chi connectivity index (χ3n) is 7.20. The molecule has 1 heterocycles. The Morgan fingerprint density at radius 3 is 2.73 bits per heavy atom. The summed E-state index contributed by atoms with van der Waals surface area (Å²) in [5.41, 5.74) is 8.01. The number of hydrogen-bond donors (Lipinski definition) is 1. The summed E-state index contributed by atoms with van der Waals surface area (Å²) >= 11 is 0. The van der Waals surface area contributed by atoms with Crippen molar-refractivity contribution in [3.05, 3.63) is 64.2 Å². The van der Waals surface area contributed by atoms with Crippen molar-refractivity contribution >= 4 is 5.57 Å². The number of fused-ring (bicyclic) bond motifs is 1. The average Bonchev–Trinajstić information content (AvgIpc) is 3.26. The highest BCUT2D eigenvalue weighted by atomic mass is 16.5. The van der Waals surface area contributed by atoms with Gasteiger partial charge in [0.25, 0.3) is 0 Å². The Hall–Kier alpha value is -2.30. The van der Waals surface area contributed by atoms with Gasteiger partial charge < -0.3 is 14.6 Å². The van der Waals surface area contributed by atoms with Crippen LogP contribution in [0.5, 0.6) is 11.5 Å². The van der Waals surface area contributed by atoms with E-state index in [9.17, 15) is 5.11 Å². The molecule has 0 spiro atoms. The van der Waals surface area contributed by atoms with E-state index in [0.29, 0.717) is 18.6 Å². The summed E-state index contributed by atoms with van der Waals surface area (Å²) in [5.74, 6) is 2.44. The third-order valence-corrected chi connectivity index (χ3v) is 7.20. The molecule has 0 bridgehead atoms. The van der Waals surface area contributed by atoms with Crippen LogP contribution < -0.4 is 9.47 Å². The second kappa shape index (κ2) is 10.8. The molecule has 1 aliphatic carbocycles. The summed E-state index contributed by atoms with van der Waals surface area (Å²) in [6.07, 6.45) is 5.49. The lowest BCUT2D eigenvalue weighted by Gasteiger charge is -2.28. The van der Waals surface area contributed by atoms with E-state index in [0.717, 1.165) is 55.8 Å². The van der Waals surface area contributed by atoms with Crippen LogP contribution in [-0.2, 0) is 19.4 Å². The zero-order valence-electron chi connectivity index (χ0n) is 20.7. The number of aliphatic hydroxyl groups is 1. The Bertz CT molecular complexity index is 994.